The van der Waals surface area contributed by atoms with E-state index in [1.807, 2.05) is 30.3 Å². The maximum Gasteiger partial charge on any atom is 0.331 e. The Hall–Kier alpha value is -2.71. The molecule has 1 aliphatic rings. The largest absolute Gasteiger partial charge is 0.379 e. The SMILES string of the molecule is O=C(Cn1c(=O)ccn(Cc2ccccc2)c1=O)NCCCCN1CCOCC1. The van der Waals surface area contributed by atoms with Gasteiger partial charge >= 0.3 is 5.69 Å². The van der Waals surface area contributed by atoms with Crippen LogP contribution in [-0.4, -0.2) is 59.3 Å². The summed E-state index contributed by atoms with van der Waals surface area (Å²) >= 11 is 0. The van der Waals surface area contributed by atoms with Gasteiger partial charge in [0.05, 0.1) is 19.8 Å². The van der Waals surface area contributed by atoms with Crippen molar-refractivity contribution in [2.45, 2.75) is 25.9 Å². The first-order valence-electron chi connectivity index (χ1n) is 10.0. The van der Waals surface area contributed by atoms with Crippen molar-refractivity contribution in [1.82, 2.24) is 19.4 Å². The number of rotatable bonds is 9. The molecule has 0 radical (unpaired) electrons. The Kier molecular flexibility index (Phi) is 7.77. The lowest BCUT2D eigenvalue weighted by Crippen LogP contribution is -2.43. The number of ether oxygens (including phenoxy) is 1. The Bertz CT molecular complexity index is 901. The first-order chi connectivity index (χ1) is 14.1. The molecule has 1 saturated heterocycles. The number of nitrogens with zero attached hydrogens (tertiary/aromatic N) is 3. The molecule has 0 unspecified atom stereocenters. The van der Waals surface area contributed by atoms with Gasteiger partial charge in [-0.15, -0.1) is 0 Å². The fourth-order valence-corrected chi connectivity index (χ4v) is 3.32. The van der Waals surface area contributed by atoms with Crippen molar-refractivity contribution in [2.24, 2.45) is 0 Å². The highest BCUT2D eigenvalue weighted by atomic mass is 16.5. The Labute approximate surface area is 169 Å². The van der Waals surface area contributed by atoms with Crippen LogP contribution in [0.2, 0.25) is 0 Å². The van der Waals surface area contributed by atoms with Crippen molar-refractivity contribution < 1.29 is 9.53 Å². The first kappa shape index (κ1) is 21.0. The van der Waals surface area contributed by atoms with Crippen LogP contribution < -0.4 is 16.6 Å². The van der Waals surface area contributed by atoms with Crippen molar-refractivity contribution in [2.75, 3.05) is 39.4 Å². The van der Waals surface area contributed by atoms with E-state index in [1.165, 1.54) is 16.8 Å². The molecule has 0 aliphatic carbocycles. The summed E-state index contributed by atoms with van der Waals surface area (Å²) in [6.45, 7) is 5.08. The molecule has 1 aliphatic heterocycles. The minimum atomic E-state index is -0.483. The zero-order valence-electron chi connectivity index (χ0n) is 16.6. The van der Waals surface area contributed by atoms with Crippen LogP contribution in [0.1, 0.15) is 18.4 Å². The molecular weight excluding hydrogens is 372 g/mol. The third-order valence-electron chi connectivity index (χ3n) is 4.96. The van der Waals surface area contributed by atoms with Gasteiger partial charge in [-0.3, -0.25) is 23.6 Å². The zero-order valence-corrected chi connectivity index (χ0v) is 16.6. The van der Waals surface area contributed by atoms with E-state index in [4.69, 9.17) is 4.74 Å². The standard InChI is InChI=1S/C21H28N4O4/c26-19(22-9-4-5-10-23-12-14-29-15-13-23)17-25-20(27)8-11-24(21(25)28)16-18-6-2-1-3-7-18/h1-3,6-8,11H,4-5,9-10,12-17H2,(H,22,26). The van der Waals surface area contributed by atoms with Gasteiger partial charge < -0.3 is 10.1 Å². The van der Waals surface area contributed by atoms with Crippen molar-refractivity contribution in [3.05, 3.63) is 69.0 Å². The van der Waals surface area contributed by atoms with E-state index < -0.39 is 11.2 Å². The maximum absolute atomic E-state index is 12.6. The quantitative estimate of drug-likeness (QED) is 0.612. The molecule has 0 saturated carbocycles. The van der Waals surface area contributed by atoms with Crippen LogP contribution in [-0.2, 0) is 22.6 Å². The lowest BCUT2D eigenvalue weighted by molar-refractivity contribution is -0.121. The minimum Gasteiger partial charge on any atom is -0.379 e. The second kappa shape index (κ2) is 10.7. The molecule has 1 N–H and O–H groups in total. The maximum atomic E-state index is 12.6. The van der Waals surface area contributed by atoms with Crippen LogP contribution in [0.4, 0.5) is 0 Å². The van der Waals surface area contributed by atoms with Crippen LogP contribution in [0.25, 0.3) is 0 Å². The molecule has 0 spiro atoms. The van der Waals surface area contributed by atoms with Crippen LogP contribution in [0.3, 0.4) is 0 Å². The van der Waals surface area contributed by atoms with Gasteiger partial charge in [-0.1, -0.05) is 30.3 Å². The second-order valence-electron chi connectivity index (χ2n) is 7.15. The van der Waals surface area contributed by atoms with Gasteiger partial charge in [0, 0.05) is 31.9 Å². The number of amides is 1. The number of aromatic nitrogens is 2. The van der Waals surface area contributed by atoms with Crippen molar-refractivity contribution in [3.8, 4) is 0 Å². The highest BCUT2D eigenvalue weighted by molar-refractivity contribution is 5.75. The smallest absolute Gasteiger partial charge is 0.331 e. The third-order valence-corrected chi connectivity index (χ3v) is 4.96. The van der Waals surface area contributed by atoms with E-state index in [0.717, 1.165) is 55.8 Å². The average Bonchev–Trinajstić information content (AvgIpc) is 2.74. The van der Waals surface area contributed by atoms with Crippen molar-refractivity contribution in [1.29, 1.82) is 0 Å². The fraction of sp³-hybridized carbons (Fsp3) is 0.476. The average molecular weight is 400 g/mol. The molecule has 3 rings (SSSR count). The summed E-state index contributed by atoms with van der Waals surface area (Å²) in [5.41, 5.74) is -0.00452. The summed E-state index contributed by atoms with van der Waals surface area (Å²) in [4.78, 5) is 39.3. The molecular formula is C21H28N4O4. The predicted octanol–water partition coefficient (Wildman–Crippen LogP) is 0.287. The number of carbonyl (C=O) groups excluding carboxylic acids is 1. The van der Waals surface area contributed by atoms with Crippen LogP contribution >= 0.6 is 0 Å². The molecule has 156 valence electrons. The highest BCUT2D eigenvalue weighted by Crippen LogP contribution is 2.00. The normalized spacial score (nSPS) is 14.6. The van der Waals surface area contributed by atoms with E-state index in [-0.39, 0.29) is 12.5 Å². The molecule has 29 heavy (non-hydrogen) atoms. The first-order valence-corrected chi connectivity index (χ1v) is 10.0. The van der Waals surface area contributed by atoms with Crippen LogP contribution in [0, 0.1) is 0 Å². The van der Waals surface area contributed by atoms with Crippen molar-refractivity contribution in [3.63, 3.8) is 0 Å². The molecule has 1 aromatic carbocycles. The lowest BCUT2D eigenvalue weighted by atomic mass is 10.2. The van der Waals surface area contributed by atoms with E-state index in [9.17, 15) is 14.4 Å². The molecule has 2 heterocycles. The molecule has 0 atom stereocenters. The van der Waals surface area contributed by atoms with Crippen LogP contribution in [0.15, 0.2) is 52.2 Å². The second-order valence-corrected chi connectivity index (χ2v) is 7.15. The number of benzene rings is 1. The third kappa shape index (κ3) is 6.40. The molecule has 0 bridgehead atoms. The Morgan fingerprint density at radius 1 is 1.03 bits per heavy atom. The van der Waals surface area contributed by atoms with E-state index >= 15 is 0 Å². The van der Waals surface area contributed by atoms with Gasteiger partial charge in [0.1, 0.15) is 6.54 Å². The lowest BCUT2D eigenvalue weighted by Gasteiger charge is -2.26. The van der Waals surface area contributed by atoms with Gasteiger partial charge in [0.15, 0.2) is 0 Å². The summed E-state index contributed by atoms with van der Waals surface area (Å²) in [7, 11) is 0. The summed E-state index contributed by atoms with van der Waals surface area (Å²) in [5, 5.41) is 2.80. The van der Waals surface area contributed by atoms with E-state index in [0.29, 0.717) is 13.1 Å². The Morgan fingerprint density at radius 2 is 1.79 bits per heavy atom. The number of hydrogen-bond acceptors (Lipinski definition) is 5. The zero-order chi connectivity index (χ0) is 20.5. The Morgan fingerprint density at radius 3 is 2.55 bits per heavy atom. The molecule has 1 aromatic heterocycles. The number of unbranched alkanes of at least 4 members (excludes halogenated alkanes) is 1. The minimum absolute atomic E-state index is 0.267. The number of morpholine rings is 1. The number of carbonyl (C=O) groups is 1. The fourth-order valence-electron chi connectivity index (χ4n) is 3.32. The van der Waals surface area contributed by atoms with Crippen LogP contribution in [0.5, 0.6) is 0 Å². The van der Waals surface area contributed by atoms with E-state index in [2.05, 4.69) is 10.2 Å². The summed E-state index contributed by atoms with van der Waals surface area (Å²) < 4.78 is 7.74. The monoisotopic (exact) mass is 400 g/mol. The molecule has 8 heteroatoms. The number of hydrogen-bond donors (Lipinski definition) is 1. The van der Waals surface area contributed by atoms with E-state index in [1.54, 1.807) is 0 Å². The predicted molar refractivity (Wildman–Crippen MR) is 110 cm³/mol. The van der Waals surface area contributed by atoms with Gasteiger partial charge in [-0.05, 0) is 24.9 Å². The topological polar surface area (TPSA) is 85.6 Å². The van der Waals surface area contributed by atoms with Crippen molar-refractivity contribution >= 4 is 5.91 Å². The molecule has 8 nitrogen and oxygen atoms in total. The summed E-state index contributed by atoms with van der Waals surface area (Å²) in [5.74, 6) is -0.326. The Balaban J connectivity index is 1.48. The van der Waals surface area contributed by atoms with Gasteiger partial charge in [-0.2, -0.15) is 0 Å². The number of nitrogens with one attached hydrogen (secondary N) is 1. The highest BCUT2D eigenvalue weighted by Gasteiger charge is 2.11. The summed E-state index contributed by atoms with van der Waals surface area (Å²) in [6, 6.07) is 10.8. The molecule has 1 fully saturated rings. The van der Waals surface area contributed by atoms with Gasteiger partial charge in [-0.25, -0.2) is 4.79 Å². The molecule has 1 amide bonds. The summed E-state index contributed by atoms with van der Waals surface area (Å²) in [6.07, 6.45) is 3.30. The molecule has 2 aromatic rings. The van der Waals surface area contributed by atoms with Gasteiger partial charge in [0.2, 0.25) is 5.91 Å². The van der Waals surface area contributed by atoms with Gasteiger partial charge in [0.25, 0.3) is 5.56 Å².